The number of carbonyl (C=O) groups excluding carboxylic acids is 1. The van der Waals surface area contributed by atoms with E-state index >= 15 is 0 Å². The zero-order chi connectivity index (χ0) is 16.5. The van der Waals surface area contributed by atoms with Crippen LogP contribution in [0.1, 0.15) is 35.2 Å². The minimum absolute atomic E-state index is 0.0672. The molecule has 0 radical (unpaired) electrons. The van der Waals surface area contributed by atoms with Crippen LogP contribution in [0.4, 0.5) is 0 Å². The van der Waals surface area contributed by atoms with E-state index in [1.54, 1.807) is 11.8 Å². The van der Waals surface area contributed by atoms with Gasteiger partial charge in [-0.05, 0) is 35.9 Å². The van der Waals surface area contributed by atoms with Gasteiger partial charge in [-0.15, -0.1) is 11.8 Å². The Labute approximate surface area is 142 Å². The lowest BCUT2D eigenvalue weighted by Gasteiger charge is -2.17. The van der Waals surface area contributed by atoms with Gasteiger partial charge in [-0.25, -0.2) is 0 Å². The van der Waals surface area contributed by atoms with E-state index in [-0.39, 0.29) is 18.4 Å². The molecule has 0 heterocycles. The number of aliphatic hydroxyl groups is 1. The Morgan fingerprint density at radius 3 is 2.65 bits per heavy atom. The Kier molecular flexibility index (Phi) is 7.17. The van der Waals surface area contributed by atoms with Crippen LogP contribution in [-0.4, -0.2) is 29.9 Å². The molecule has 0 aromatic heterocycles. The van der Waals surface area contributed by atoms with Crippen LogP contribution in [0.25, 0.3) is 0 Å². The van der Waals surface area contributed by atoms with Crippen LogP contribution >= 0.6 is 11.8 Å². The van der Waals surface area contributed by atoms with Gasteiger partial charge in [0.15, 0.2) is 0 Å². The molecule has 2 aromatic rings. The van der Waals surface area contributed by atoms with E-state index in [0.29, 0.717) is 18.5 Å². The third-order valence-electron chi connectivity index (χ3n) is 3.66. The van der Waals surface area contributed by atoms with Crippen LogP contribution in [-0.2, 0) is 0 Å². The smallest absolute Gasteiger partial charge is 0.251 e. The Morgan fingerprint density at radius 1 is 1.17 bits per heavy atom. The number of hydrogen-bond donors (Lipinski definition) is 2. The number of aliphatic hydroxyl groups excluding tert-OH is 1. The molecule has 23 heavy (non-hydrogen) atoms. The number of thioether (sulfide) groups is 1. The molecule has 0 bridgehead atoms. The predicted molar refractivity (Wildman–Crippen MR) is 96.1 cm³/mol. The fourth-order valence-electron chi connectivity index (χ4n) is 2.48. The van der Waals surface area contributed by atoms with Crippen molar-refractivity contribution in [2.75, 3.05) is 18.9 Å². The summed E-state index contributed by atoms with van der Waals surface area (Å²) >= 11 is 1.72. The average molecular weight is 329 g/mol. The van der Waals surface area contributed by atoms with Crippen molar-refractivity contribution in [2.24, 2.45) is 0 Å². The molecule has 2 aromatic carbocycles. The summed E-state index contributed by atoms with van der Waals surface area (Å²) in [5.74, 6) is 1.04. The highest BCUT2D eigenvalue weighted by molar-refractivity contribution is 7.99. The number of nitrogens with one attached hydrogen (secondary N) is 1. The maximum Gasteiger partial charge on any atom is 0.251 e. The van der Waals surface area contributed by atoms with Crippen molar-refractivity contribution < 1.29 is 9.90 Å². The Morgan fingerprint density at radius 2 is 1.96 bits per heavy atom. The van der Waals surface area contributed by atoms with Gasteiger partial charge in [0, 0.05) is 29.5 Å². The first-order valence-corrected chi connectivity index (χ1v) is 8.90. The van der Waals surface area contributed by atoms with Crippen molar-refractivity contribution in [3.63, 3.8) is 0 Å². The third-order valence-corrected chi connectivity index (χ3v) is 4.54. The van der Waals surface area contributed by atoms with Gasteiger partial charge in [-0.3, -0.25) is 4.79 Å². The first kappa shape index (κ1) is 17.6. The molecule has 1 unspecified atom stereocenters. The summed E-state index contributed by atoms with van der Waals surface area (Å²) in [5.41, 5.74) is 1.82. The molecule has 1 amide bonds. The van der Waals surface area contributed by atoms with Crippen molar-refractivity contribution >= 4 is 17.7 Å². The Bertz CT molecular complexity index is 616. The number of hydrogen-bond acceptors (Lipinski definition) is 3. The molecule has 122 valence electrons. The average Bonchev–Trinajstić information content (AvgIpc) is 2.59. The van der Waals surface area contributed by atoms with Gasteiger partial charge >= 0.3 is 0 Å². The second-order valence-corrected chi connectivity index (χ2v) is 6.63. The van der Waals surface area contributed by atoms with Crippen molar-refractivity contribution in [1.29, 1.82) is 0 Å². The molecule has 0 aliphatic carbocycles. The SMILES string of the molecule is CCSc1cccc(C(=O)NCC(CCO)c2ccccc2)c1. The maximum absolute atomic E-state index is 12.4. The number of amides is 1. The quantitative estimate of drug-likeness (QED) is 0.726. The molecule has 0 fully saturated rings. The summed E-state index contributed by atoms with van der Waals surface area (Å²) in [5, 5.41) is 12.3. The van der Waals surface area contributed by atoms with Crippen molar-refractivity contribution in [3.8, 4) is 0 Å². The van der Waals surface area contributed by atoms with E-state index < -0.39 is 0 Å². The summed E-state index contributed by atoms with van der Waals surface area (Å²) in [6, 6.07) is 17.7. The zero-order valence-corrected chi connectivity index (χ0v) is 14.2. The second-order valence-electron chi connectivity index (χ2n) is 5.29. The first-order valence-electron chi connectivity index (χ1n) is 7.91. The minimum Gasteiger partial charge on any atom is -0.396 e. The van der Waals surface area contributed by atoms with E-state index in [4.69, 9.17) is 0 Å². The molecule has 0 spiro atoms. The van der Waals surface area contributed by atoms with Crippen LogP contribution in [0, 0.1) is 0 Å². The van der Waals surface area contributed by atoms with Gasteiger partial charge in [0.1, 0.15) is 0 Å². The van der Waals surface area contributed by atoms with Gasteiger partial charge in [0.05, 0.1) is 0 Å². The van der Waals surface area contributed by atoms with E-state index in [0.717, 1.165) is 16.2 Å². The molecule has 3 nitrogen and oxygen atoms in total. The summed E-state index contributed by atoms with van der Waals surface area (Å²) in [6.45, 7) is 2.73. The maximum atomic E-state index is 12.4. The summed E-state index contributed by atoms with van der Waals surface area (Å²) in [7, 11) is 0. The van der Waals surface area contributed by atoms with Gasteiger partial charge in [0.25, 0.3) is 5.91 Å². The first-order chi connectivity index (χ1) is 11.2. The molecule has 0 saturated carbocycles. The molecule has 0 aliphatic heterocycles. The van der Waals surface area contributed by atoms with Crippen LogP contribution < -0.4 is 5.32 Å². The van der Waals surface area contributed by atoms with Crippen LogP contribution in [0.15, 0.2) is 59.5 Å². The lowest BCUT2D eigenvalue weighted by molar-refractivity contribution is 0.0949. The standard InChI is InChI=1S/C19H23NO2S/c1-2-23-18-10-6-9-16(13-18)19(22)20-14-17(11-12-21)15-7-4-3-5-8-15/h3-10,13,17,21H,2,11-12,14H2,1H3,(H,20,22). The molecule has 4 heteroatoms. The van der Waals surface area contributed by atoms with Crippen molar-refractivity contribution in [3.05, 3.63) is 65.7 Å². The van der Waals surface area contributed by atoms with Crippen LogP contribution in [0.3, 0.4) is 0 Å². The van der Waals surface area contributed by atoms with Crippen LogP contribution in [0.5, 0.6) is 0 Å². The van der Waals surface area contributed by atoms with Crippen molar-refractivity contribution in [2.45, 2.75) is 24.2 Å². The van der Waals surface area contributed by atoms with Gasteiger partial charge in [0.2, 0.25) is 0 Å². The summed E-state index contributed by atoms with van der Waals surface area (Å²) in [6.07, 6.45) is 0.635. The number of rotatable bonds is 8. The molecule has 2 N–H and O–H groups in total. The molecular weight excluding hydrogens is 306 g/mol. The third kappa shape index (κ3) is 5.41. The van der Waals surface area contributed by atoms with E-state index in [1.807, 2.05) is 54.6 Å². The van der Waals surface area contributed by atoms with Gasteiger partial charge in [-0.2, -0.15) is 0 Å². The monoisotopic (exact) mass is 329 g/mol. The normalized spacial score (nSPS) is 11.9. The highest BCUT2D eigenvalue weighted by atomic mass is 32.2. The second kappa shape index (κ2) is 9.38. The van der Waals surface area contributed by atoms with E-state index in [9.17, 15) is 9.90 Å². The fraction of sp³-hybridized carbons (Fsp3) is 0.316. The predicted octanol–water partition coefficient (Wildman–Crippen LogP) is 3.69. The number of benzene rings is 2. The largest absolute Gasteiger partial charge is 0.396 e. The van der Waals surface area contributed by atoms with Gasteiger partial charge < -0.3 is 10.4 Å². The highest BCUT2D eigenvalue weighted by Crippen LogP contribution is 2.20. The molecule has 2 rings (SSSR count). The fourth-order valence-corrected chi connectivity index (χ4v) is 3.20. The summed E-state index contributed by atoms with van der Waals surface area (Å²) in [4.78, 5) is 13.5. The lowest BCUT2D eigenvalue weighted by Crippen LogP contribution is -2.28. The highest BCUT2D eigenvalue weighted by Gasteiger charge is 2.13. The topological polar surface area (TPSA) is 49.3 Å². The molecule has 0 aliphatic rings. The number of carbonyl (C=O) groups is 1. The zero-order valence-electron chi connectivity index (χ0n) is 13.4. The van der Waals surface area contributed by atoms with E-state index in [1.165, 1.54) is 0 Å². The summed E-state index contributed by atoms with van der Waals surface area (Å²) < 4.78 is 0. The van der Waals surface area contributed by atoms with Crippen LogP contribution in [0.2, 0.25) is 0 Å². The molecule has 0 saturated heterocycles. The van der Waals surface area contributed by atoms with E-state index in [2.05, 4.69) is 12.2 Å². The molecular formula is C19H23NO2S. The minimum atomic E-state index is -0.0672. The molecule has 1 atom stereocenters. The van der Waals surface area contributed by atoms with Gasteiger partial charge in [-0.1, -0.05) is 43.3 Å². The Hall–Kier alpha value is -1.78. The Balaban J connectivity index is 2.00. The lowest BCUT2D eigenvalue weighted by atomic mass is 9.96. The van der Waals surface area contributed by atoms with Crippen molar-refractivity contribution in [1.82, 2.24) is 5.32 Å².